The average molecular weight is 504 g/mol. The maximum absolute atomic E-state index is 13.9. The van der Waals surface area contributed by atoms with Crippen molar-refractivity contribution in [1.82, 2.24) is 25.2 Å². The summed E-state index contributed by atoms with van der Waals surface area (Å²) in [6.45, 7) is 0. The quantitative estimate of drug-likeness (QED) is 0.401. The molecule has 0 bridgehead atoms. The van der Waals surface area contributed by atoms with E-state index in [9.17, 15) is 39.9 Å². The number of benzene rings is 1. The van der Waals surface area contributed by atoms with Gasteiger partial charge in [-0.1, -0.05) is 17.7 Å². The summed E-state index contributed by atoms with van der Waals surface area (Å²) in [6.07, 6.45) is -12.0. The Bertz CT molecular complexity index is 1220. The molecule has 0 aliphatic heterocycles. The first-order chi connectivity index (χ1) is 15.1. The van der Waals surface area contributed by atoms with Crippen LogP contribution in [0.15, 0.2) is 18.2 Å². The molecule has 0 amide bonds. The van der Waals surface area contributed by atoms with Crippen molar-refractivity contribution in [3.63, 3.8) is 0 Å². The normalized spacial score (nSPS) is 12.8. The molecule has 1 aromatic carbocycles. The van der Waals surface area contributed by atoms with Crippen molar-refractivity contribution in [2.24, 2.45) is 7.05 Å². The molecule has 0 atom stereocenters. The van der Waals surface area contributed by atoms with Gasteiger partial charge in [-0.3, -0.25) is 4.68 Å². The minimum Gasteiger partial charge on any atom is -0.465 e. The van der Waals surface area contributed by atoms with E-state index in [1.165, 1.54) is 12.1 Å². The topological polar surface area (TPSA) is 85.7 Å². The van der Waals surface area contributed by atoms with Crippen LogP contribution in [0.5, 0.6) is 0 Å². The van der Waals surface area contributed by atoms with Gasteiger partial charge in [-0.15, -0.1) is 0 Å². The lowest BCUT2D eigenvalue weighted by Crippen LogP contribution is -2.36. The number of nitrogens with zero attached hydrogens (tertiary/aromatic N) is 4. The third kappa shape index (κ3) is 4.12. The van der Waals surface area contributed by atoms with Crippen LogP contribution in [0.2, 0.25) is 5.02 Å². The highest BCUT2D eigenvalue weighted by Crippen LogP contribution is 2.50. The molecular weight excluding hydrogens is 494 g/mol. The van der Waals surface area contributed by atoms with Crippen LogP contribution in [0, 0.1) is 0 Å². The summed E-state index contributed by atoms with van der Waals surface area (Å²) in [6, 6.07) is 3.47. The number of hydrogen-bond acceptors (Lipinski definition) is 5. The van der Waals surface area contributed by atoms with Crippen LogP contribution < -0.4 is 0 Å². The van der Waals surface area contributed by atoms with Crippen molar-refractivity contribution >= 4 is 17.6 Å². The Kier molecular flexibility index (Phi) is 5.89. The van der Waals surface area contributed by atoms with Gasteiger partial charge >= 0.3 is 24.2 Å². The minimum absolute atomic E-state index is 0.0676. The zero-order chi connectivity index (χ0) is 24.9. The number of aromatic nitrogens is 5. The van der Waals surface area contributed by atoms with Crippen LogP contribution in [0.4, 0.5) is 35.1 Å². The molecule has 1 N–H and O–H groups in total. The number of nitrogens with one attached hydrogen (secondary N) is 1. The molecule has 0 saturated carbocycles. The predicted octanol–water partition coefficient (Wildman–Crippen LogP) is 4.99. The Morgan fingerprint density at radius 2 is 1.67 bits per heavy atom. The summed E-state index contributed by atoms with van der Waals surface area (Å²) in [4.78, 5) is 11.9. The predicted molar refractivity (Wildman–Crippen MR) is 95.3 cm³/mol. The first-order valence-electron chi connectivity index (χ1n) is 8.49. The molecule has 0 saturated heterocycles. The highest BCUT2D eigenvalue weighted by Gasteiger charge is 2.64. The summed E-state index contributed by atoms with van der Waals surface area (Å²) < 4.78 is 112. The first kappa shape index (κ1) is 24.4. The van der Waals surface area contributed by atoms with E-state index in [4.69, 9.17) is 11.6 Å². The number of aromatic amines is 1. The number of carbonyl (C=O) groups is 1. The molecule has 0 spiro atoms. The van der Waals surface area contributed by atoms with E-state index < -0.39 is 52.6 Å². The Balaban J connectivity index is 2.31. The number of halogens is 9. The highest BCUT2D eigenvalue weighted by atomic mass is 35.5. The lowest BCUT2D eigenvalue weighted by molar-refractivity contribution is -0.292. The van der Waals surface area contributed by atoms with Crippen LogP contribution in [0.1, 0.15) is 21.6 Å². The third-order valence-electron chi connectivity index (χ3n) is 4.40. The van der Waals surface area contributed by atoms with Crippen molar-refractivity contribution in [3.05, 3.63) is 40.0 Å². The van der Waals surface area contributed by atoms with Gasteiger partial charge in [0.05, 0.1) is 17.7 Å². The molecule has 0 aliphatic rings. The smallest absolute Gasteiger partial charge is 0.459 e. The Labute approximate surface area is 183 Å². The molecule has 33 heavy (non-hydrogen) atoms. The van der Waals surface area contributed by atoms with Gasteiger partial charge < -0.3 is 4.74 Å². The van der Waals surface area contributed by atoms with E-state index in [-0.39, 0.29) is 20.8 Å². The molecule has 2 aromatic heterocycles. The Morgan fingerprint density at radius 1 is 1.06 bits per heavy atom. The molecule has 0 radical (unpaired) electrons. The van der Waals surface area contributed by atoms with Gasteiger partial charge in [0.1, 0.15) is 22.6 Å². The second kappa shape index (κ2) is 7.97. The van der Waals surface area contributed by atoms with Crippen LogP contribution in [0.25, 0.3) is 22.6 Å². The number of methoxy groups -OCH3 is 1. The van der Waals surface area contributed by atoms with Gasteiger partial charge in [-0.2, -0.15) is 55.6 Å². The zero-order valence-corrected chi connectivity index (χ0v) is 17.0. The van der Waals surface area contributed by atoms with E-state index in [0.717, 1.165) is 20.2 Å². The van der Waals surface area contributed by atoms with Gasteiger partial charge in [0.25, 0.3) is 0 Å². The average Bonchev–Trinajstić information content (AvgIpc) is 3.30. The number of hydrogen-bond donors (Lipinski definition) is 1. The van der Waals surface area contributed by atoms with Crippen molar-refractivity contribution in [2.45, 2.75) is 18.3 Å². The fourth-order valence-electron chi connectivity index (χ4n) is 2.95. The van der Waals surface area contributed by atoms with E-state index in [1.807, 2.05) is 5.21 Å². The fourth-order valence-corrected chi connectivity index (χ4v) is 3.15. The molecule has 0 aliphatic carbocycles. The molecule has 178 valence electrons. The van der Waals surface area contributed by atoms with Crippen molar-refractivity contribution < 1.29 is 44.7 Å². The summed E-state index contributed by atoms with van der Waals surface area (Å²) in [5.74, 6) is -6.83. The molecule has 7 nitrogen and oxygen atoms in total. The molecular formula is C17H10ClF8N5O2. The second-order valence-electron chi connectivity index (χ2n) is 6.47. The Morgan fingerprint density at radius 3 is 2.21 bits per heavy atom. The SMILES string of the molecule is COC(=O)c1cc(-c2n[nH]nc2-c2c(C(F)(F)F)c(C(F)(F)C(F)(F)F)nn2C)ccc1Cl. The van der Waals surface area contributed by atoms with Gasteiger partial charge in [0.15, 0.2) is 5.69 Å². The number of aryl methyl sites for hydroxylation is 1. The number of ether oxygens (including phenoxy) is 1. The van der Waals surface area contributed by atoms with Crippen molar-refractivity contribution in [1.29, 1.82) is 0 Å². The first-order valence-corrected chi connectivity index (χ1v) is 8.87. The van der Waals surface area contributed by atoms with Crippen LogP contribution in [-0.2, 0) is 23.9 Å². The molecule has 0 fully saturated rings. The minimum atomic E-state index is -6.35. The fraction of sp³-hybridized carbons (Fsp3) is 0.294. The summed E-state index contributed by atoms with van der Waals surface area (Å²) in [5.41, 5.74) is -7.53. The summed E-state index contributed by atoms with van der Waals surface area (Å²) >= 11 is 5.90. The lowest BCUT2D eigenvalue weighted by Gasteiger charge is -2.19. The number of esters is 1. The van der Waals surface area contributed by atoms with Crippen molar-refractivity contribution in [3.8, 4) is 22.6 Å². The highest BCUT2D eigenvalue weighted by molar-refractivity contribution is 6.33. The molecule has 3 rings (SSSR count). The van der Waals surface area contributed by atoms with E-state index in [2.05, 4.69) is 20.0 Å². The molecule has 3 aromatic rings. The molecule has 0 unspecified atom stereocenters. The largest absolute Gasteiger partial charge is 0.465 e. The number of H-pyrrole nitrogens is 1. The van der Waals surface area contributed by atoms with Crippen LogP contribution >= 0.6 is 11.6 Å². The maximum atomic E-state index is 13.9. The summed E-state index contributed by atoms with van der Waals surface area (Å²) in [7, 11) is 1.78. The van der Waals surface area contributed by atoms with Gasteiger partial charge in [-0.05, 0) is 12.1 Å². The monoisotopic (exact) mass is 503 g/mol. The van der Waals surface area contributed by atoms with Gasteiger partial charge in [0, 0.05) is 12.6 Å². The standard InChI is InChI=1S/C17H10ClF8N5O2/c1-31-12(9(16(21,22)23)13(29-31)15(19,20)17(24,25)26)11-10(27-30-28-11)6-3-4-8(18)7(5-6)14(32)33-2/h3-5H,1-2H3,(H,27,28,30). The van der Waals surface area contributed by atoms with Crippen molar-refractivity contribution in [2.75, 3.05) is 7.11 Å². The van der Waals surface area contributed by atoms with E-state index in [1.54, 1.807) is 0 Å². The zero-order valence-electron chi connectivity index (χ0n) is 16.2. The number of alkyl halides is 8. The van der Waals surface area contributed by atoms with Crippen LogP contribution in [-0.4, -0.2) is 44.4 Å². The van der Waals surface area contributed by atoms with Crippen LogP contribution in [0.3, 0.4) is 0 Å². The second-order valence-corrected chi connectivity index (χ2v) is 6.88. The van der Waals surface area contributed by atoms with E-state index >= 15 is 0 Å². The van der Waals surface area contributed by atoms with Gasteiger partial charge in [-0.25, -0.2) is 4.79 Å². The number of rotatable bonds is 4. The third-order valence-corrected chi connectivity index (χ3v) is 4.73. The van der Waals surface area contributed by atoms with E-state index in [0.29, 0.717) is 0 Å². The number of carbonyl (C=O) groups excluding carboxylic acids is 1. The lowest BCUT2D eigenvalue weighted by atomic mass is 10.0. The van der Waals surface area contributed by atoms with Gasteiger partial charge in [0.2, 0.25) is 0 Å². The Hall–Kier alpha value is -3.23. The maximum Gasteiger partial charge on any atom is 0.459 e. The molecule has 2 heterocycles. The molecule has 16 heteroatoms. The summed E-state index contributed by atoms with van der Waals surface area (Å²) in [5, 5.41) is 11.9.